The summed E-state index contributed by atoms with van der Waals surface area (Å²) in [6.45, 7) is 1.82. The second-order valence-corrected chi connectivity index (χ2v) is 7.33. The molecule has 0 aliphatic heterocycles. The summed E-state index contributed by atoms with van der Waals surface area (Å²) in [7, 11) is -2.36. The molecule has 1 aliphatic carbocycles. The summed E-state index contributed by atoms with van der Waals surface area (Å²) in [5.41, 5.74) is -1.10. The van der Waals surface area contributed by atoms with Gasteiger partial charge in [-0.05, 0) is 37.8 Å². The van der Waals surface area contributed by atoms with Crippen LogP contribution in [0.25, 0.3) is 0 Å². The van der Waals surface area contributed by atoms with Crippen LogP contribution in [0.4, 0.5) is 13.2 Å². The van der Waals surface area contributed by atoms with Crippen molar-refractivity contribution in [2.24, 2.45) is 5.92 Å². The second kappa shape index (κ2) is 5.57. The van der Waals surface area contributed by atoms with Crippen molar-refractivity contribution < 1.29 is 21.6 Å². The summed E-state index contributed by atoms with van der Waals surface area (Å²) in [4.78, 5) is 2.99. The Balaban J connectivity index is 2.22. The SMILES string of the molecule is C[C@H](C1CCC1)N(C)S(=O)(=O)c1ccc(C(F)(F)F)nc1. The number of hydrogen-bond acceptors (Lipinski definition) is 3. The maximum Gasteiger partial charge on any atom is 0.433 e. The van der Waals surface area contributed by atoms with Gasteiger partial charge in [-0.15, -0.1) is 0 Å². The molecule has 0 amide bonds. The van der Waals surface area contributed by atoms with Gasteiger partial charge in [0.15, 0.2) is 0 Å². The van der Waals surface area contributed by atoms with Gasteiger partial charge >= 0.3 is 6.18 Å². The number of alkyl halides is 3. The zero-order valence-electron chi connectivity index (χ0n) is 11.8. The van der Waals surface area contributed by atoms with Crippen LogP contribution in [0.15, 0.2) is 23.2 Å². The minimum Gasteiger partial charge on any atom is -0.250 e. The molecular formula is C13H17F3N2O2S. The van der Waals surface area contributed by atoms with Gasteiger partial charge in [0.1, 0.15) is 10.6 Å². The molecule has 8 heteroatoms. The quantitative estimate of drug-likeness (QED) is 0.856. The van der Waals surface area contributed by atoms with Crippen molar-refractivity contribution in [1.29, 1.82) is 0 Å². The van der Waals surface area contributed by atoms with E-state index in [-0.39, 0.29) is 10.9 Å². The van der Waals surface area contributed by atoms with Crippen molar-refractivity contribution in [2.45, 2.75) is 43.3 Å². The van der Waals surface area contributed by atoms with Crippen LogP contribution in [0, 0.1) is 5.92 Å². The third-order valence-corrected chi connectivity index (χ3v) is 6.04. The predicted molar refractivity (Wildman–Crippen MR) is 71.0 cm³/mol. The zero-order chi connectivity index (χ0) is 15.8. The van der Waals surface area contributed by atoms with Crippen molar-refractivity contribution in [3.63, 3.8) is 0 Å². The molecule has 0 N–H and O–H groups in total. The molecule has 2 rings (SSSR count). The van der Waals surface area contributed by atoms with E-state index >= 15 is 0 Å². The summed E-state index contributed by atoms with van der Waals surface area (Å²) in [5, 5.41) is 0. The van der Waals surface area contributed by atoms with Crippen molar-refractivity contribution >= 4 is 10.0 Å². The van der Waals surface area contributed by atoms with Crippen molar-refractivity contribution in [2.75, 3.05) is 7.05 Å². The van der Waals surface area contributed by atoms with Crippen molar-refractivity contribution in [1.82, 2.24) is 9.29 Å². The van der Waals surface area contributed by atoms with Crippen LogP contribution in [-0.4, -0.2) is 30.8 Å². The first kappa shape index (κ1) is 16.2. The Kier molecular flexibility index (Phi) is 4.30. The fraction of sp³-hybridized carbons (Fsp3) is 0.615. The van der Waals surface area contributed by atoms with Crippen LogP contribution in [0.2, 0.25) is 0 Å². The van der Waals surface area contributed by atoms with Crippen LogP contribution < -0.4 is 0 Å². The molecule has 1 heterocycles. The maximum absolute atomic E-state index is 12.4. The van der Waals surface area contributed by atoms with Gasteiger partial charge in [-0.2, -0.15) is 17.5 Å². The number of hydrogen-bond donors (Lipinski definition) is 0. The summed E-state index contributed by atoms with van der Waals surface area (Å²) >= 11 is 0. The third-order valence-electron chi connectivity index (χ3n) is 4.11. The molecule has 1 aliphatic rings. The average Bonchev–Trinajstić information content (AvgIpc) is 2.34. The first-order valence-electron chi connectivity index (χ1n) is 6.65. The Morgan fingerprint density at radius 2 is 1.95 bits per heavy atom. The van der Waals surface area contributed by atoms with Gasteiger partial charge in [0.25, 0.3) is 0 Å². The minimum atomic E-state index is -4.58. The molecule has 1 aromatic rings. The molecule has 0 saturated heterocycles. The Bertz CT molecular complexity index is 595. The fourth-order valence-electron chi connectivity index (χ4n) is 2.30. The number of rotatable bonds is 4. The highest BCUT2D eigenvalue weighted by Crippen LogP contribution is 2.34. The van der Waals surface area contributed by atoms with Gasteiger partial charge in [0.2, 0.25) is 10.0 Å². The Morgan fingerprint density at radius 1 is 1.33 bits per heavy atom. The predicted octanol–water partition coefficient (Wildman–Crippen LogP) is 2.91. The van der Waals surface area contributed by atoms with E-state index in [1.165, 1.54) is 11.4 Å². The number of sulfonamides is 1. The summed E-state index contributed by atoms with van der Waals surface area (Å²) in [6, 6.07) is 1.47. The highest BCUT2D eigenvalue weighted by atomic mass is 32.2. The van der Waals surface area contributed by atoms with Gasteiger partial charge in [-0.3, -0.25) is 4.98 Å². The minimum absolute atomic E-state index is 0.175. The number of halogens is 3. The second-order valence-electron chi connectivity index (χ2n) is 5.33. The van der Waals surface area contributed by atoms with E-state index < -0.39 is 21.9 Å². The summed E-state index contributed by atoms with van der Waals surface area (Å²) < 4.78 is 63.3. The molecule has 0 radical (unpaired) electrons. The van der Waals surface area contributed by atoms with Crippen LogP contribution in [0.3, 0.4) is 0 Å². The smallest absolute Gasteiger partial charge is 0.250 e. The Morgan fingerprint density at radius 3 is 2.33 bits per heavy atom. The molecule has 118 valence electrons. The van der Waals surface area contributed by atoms with Crippen molar-refractivity contribution in [3.05, 3.63) is 24.0 Å². The van der Waals surface area contributed by atoms with Gasteiger partial charge < -0.3 is 0 Å². The molecule has 0 spiro atoms. The van der Waals surface area contributed by atoms with Gasteiger partial charge in [0, 0.05) is 19.3 Å². The van der Waals surface area contributed by atoms with Gasteiger partial charge in [-0.25, -0.2) is 8.42 Å². The topological polar surface area (TPSA) is 50.3 Å². The molecule has 4 nitrogen and oxygen atoms in total. The lowest BCUT2D eigenvalue weighted by Crippen LogP contribution is -2.42. The summed E-state index contributed by atoms with van der Waals surface area (Å²) in [6.07, 6.45) is -0.765. The number of aromatic nitrogens is 1. The van der Waals surface area contributed by atoms with E-state index in [0.717, 1.165) is 31.5 Å². The average molecular weight is 322 g/mol. The normalized spacial score (nSPS) is 18.6. The van der Waals surface area contributed by atoms with E-state index in [1.54, 1.807) is 0 Å². The molecular weight excluding hydrogens is 305 g/mol. The molecule has 1 saturated carbocycles. The van der Waals surface area contributed by atoms with Crippen LogP contribution >= 0.6 is 0 Å². The van der Waals surface area contributed by atoms with Gasteiger partial charge in [-0.1, -0.05) is 6.42 Å². The molecule has 0 bridgehead atoms. The van der Waals surface area contributed by atoms with E-state index in [9.17, 15) is 21.6 Å². The largest absolute Gasteiger partial charge is 0.433 e. The van der Waals surface area contributed by atoms with Crippen LogP contribution in [0.1, 0.15) is 31.9 Å². The standard InChI is InChI=1S/C13H17F3N2O2S/c1-9(10-4-3-5-10)18(2)21(19,20)11-6-7-12(17-8-11)13(14,15)16/h6-10H,3-5H2,1-2H3/t9-/m1/s1. The lowest BCUT2D eigenvalue weighted by atomic mass is 9.80. The van der Waals surface area contributed by atoms with Gasteiger partial charge in [0.05, 0.1) is 0 Å². The van der Waals surface area contributed by atoms with Crippen molar-refractivity contribution in [3.8, 4) is 0 Å². The molecule has 21 heavy (non-hydrogen) atoms. The Labute approximate surface area is 122 Å². The highest BCUT2D eigenvalue weighted by Gasteiger charge is 2.35. The van der Waals surface area contributed by atoms with E-state index in [4.69, 9.17) is 0 Å². The summed E-state index contributed by atoms with van der Waals surface area (Å²) in [5.74, 6) is 0.312. The highest BCUT2D eigenvalue weighted by molar-refractivity contribution is 7.89. The molecule has 0 aromatic carbocycles. The van der Waals surface area contributed by atoms with E-state index in [1.807, 2.05) is 6.92 Å². The number of pyridine rings is 1. The number of nitrogens with zero attached hydrogens (tertiary/aromatic N) is 2. The first-order valence-corrected chi connectivity index (χ1v) is 8.09. The molecule has 0 unspecified atom stereocenters. The molecule has 1 aromatic heterocycles. The van der Waals surface area contributed by atoms with E-state index in [2.05, 4.69) is 4.98 Å². The lowest BCUT2D eigenvalue weighted by Gasteiger charge is -2.36. The van der Waals surface area contributed by atoms with E-state index in [0.29, 0.717) is 12.0 Å². The first-order chi connectivity index (χ1) is 9.64. The van der Waals surface area contributed by atoms with Crippen LogP contribution in [-0.2, 0) is 16.2 Å². The zero-order valence-corrected chi connectivity index (χ0v) is 12.6. The monoisotopic (exact) mass is 322 g/mol. The third kappa shape index (κ3) is 3.21. The Hall–Kier alpha value is -1.15. The fourth-order valence-corrected chi connectivity index (χ4v) is 3.67. The lowest BCUT2D eigenvalue weighted by molar-refractivity contribution is -0.141. The molecule has 1 atom stereocenters. The maximum atomic E-state index is 12.4. The van der Waals surface area contributed by atoms with Crippen LogP contribution in [0.5, 0.6) is 0 Å². The molecule has 1 fully saturated rings.